The molecule has 0 atom stereocenters. The Hall–Kier alpha value is -2.16. The summed E-state index contributed by atoms with van der Waals surface area (Å²) in [5, 5.41) is 2.75. The quantitative estimate of drug-likeness (QED) is 0.615. The number of carbonyl (C=O) groups is 1. The molecule has 1 heterocycles. The van der Waals surface area contributed by atoms with Crippen LogP contribution in [0.25, 0.3) is 0 Å². The van der Waals surface area contributed by atoms with Gasteiger partial charge in [-0.2, -0.15) is 0 Å². The van der Waals surface area contributed by atoms with Crippen molar-refractivity contribution in [2.24, 2.45) is 0 Å². The molecule has 3 rings (SSSR count). The molecule has 0 saturated heterocycles. The third-order valence-corrected chi connectivity index (χ3v) is 6.74. The van der Waals surface area contributed by atoms with Gasteiger partial charge in [0.15, 0.2) is 0 Å². The van der Waals surface area contributed by atoms with Gasteiger partial charge in [-0.25, -0.2) is 8.42 Å². The maximum Gasteiger partial charge on any atom is 0.271 e. The molecule has 0 radical (unpaired) electrons. The standard InChI is InChI=1S/C17H13BrN2O3S2/c18-15-10-11-16(24-15)25(22,23)20-14-9-5-4-8-13(14)17(21)19-12-6-2-1-3-7-12/h1-11,20H,(H,19,21). The normalized spacial score (nSPS) is 11.1. The molecule has 0 aliphatic rings. The van der Waals surface area contributed by atoms with Gasteiger partial charge in [0, 0.05) is 5.69 Å². The van der Waals surface area contributed by atoms with Crippen LogP contribution in [-0.4, -0.2) is 14.3 Å². The summed E-state index contributed by atoms with van der Waals surface area (Å²) in [4.78, 5) is 12.5. The summed E-state index contributed by atoms with van der Waals surface area (Å²) >= 11 is 4.34. The van der Waals surface area contributed by atoms with Gasteiger partial charge in [-0.3, -0.25) is 9.52 Å². The monoisotopic (exact) mass is 436 g/mol. The van der Waals surface area contributed by atoms with E-state index in [0.717, 1.165) is 11.3 Å². The van der Waals surface area contributed by atoms with Crippen LogP contribution in [0.2, 0.25) is 0 Å². The highest BCUT2D eigenvalue weighted by Crippen LogP contribution is 2.28. The second-order valence-corrected chi connectivity index (χ2v) is 9.40. The number of carbonyl (C=O) groups excluding carboxylic acids is 1. The first-order valence-electron chi connectivity index (χ1n) is 7.19. The van der Waals surface area contributed by atoms with Crippen molar-refractivity contribution in [3.63, 3.8) is 0 Å². The van der Waals surface area contributed by atoms with Crippen molar-refractivity contribution in [1.29, 1.82) is 0 Å². The summed E-state index contributed by atoms with van der Waals surface area (Å²) in [5.41, 5.74) is 1.10. The van der Waals surface area contributed by atoms with Crippen LogP contribution in [0.15, 0.2) is 74.7 Å². The highest BCUT2D eigenvalue weighted by molar-refractivity contribution is 9.11. The Labute approximate surface area is 157 Å². The molecule has 25 heavy (non-hydrogen) atoms. The summed E-state index contributed by atoms with van der Waals surface area (Å²) in [5.74, 6) is -0.392. The van der Waals surface area contributed by atoms with Crippen LogP contribution in [-0.2, 0) is 10.0 Å². The third-order valence-electron chi connectivity index (χ3n) is 3.26. The fraction of sp³-hybridized carbons (Fsp3) is 0. The van der Waals surface area contributed by atoms with Crippen LogP contribution in [0.1, 0.15) is 10.4 Å². The zero-order chi connectivity index (χ0) is 17.9. The molecule has 128 valence electrons. The van der Waals surface area contributed by atoms with Crippen molar-refractivity contribution in [1.82, 2.24) is 0 Å². The van der Waals surface area contributed by atoms with Gasteiger partial charge in [-0.05, 0) is 52.3 Å². The first-order valence-corrected chi connectivity index (χ1v) is 10.3. The number of halogens is 1. The summed E-state index contributed by atoms with van der Waals surface area (Å²) in [6.07, 6.45) is 0. The van der Waals surface area contributed by atoms with Crippen LogP contribution in [0.4, 0.5) is 11.4 Å². The number of hydrogen-bond acceptors (Lipinski definition) is 4. The van der Waals surface area contributed by atoms with E-state index in [1.807, 2.05) is 6.07 Å². The highest BCUT2D eigenvalue weighted by atomic mass is 79.9. The number of anilines is 2. The number of para-hydroxylation sites is 2. The van der Waals surface area contributed by atoms with Crippen molar-refractivity contribution < 1.29 is 13.2 Å². The second-order valence-electron chi connectivity index (χ2n) is 5.03. The first kappa shape index (κ1) is 17.7. The van der Waals surface area contributed by atoms with Gasteiger partial charge in [-0.1, -0.05) is 30.3 Å². The summed E-state index contributed by atoms with van der Waals surface area (Å²) in [7, 11) is -3.76. The zero-order valence-corrected chi connectivity index (χ0v) is 16.0. The van der Waals surface area contributed by atoms with Crippen LogP contribution >= 0.6 is 27.3 Å². The molecule has 0 aliphatic carbocycles. The number of hydrogen-bond donors (Lipinski definition) is 2. The molecule has 2 aromatic carbocycles. The van der Waals surface area contributed by atoms with Gasteiger partial charge < -0.3 is 5.32 Å². The molecule has 0 saturated carbocycles. The van der Waals surface area contributed by atoms with Crippen molar-refractivity contribution in [2.75, 3.05) is 10.0 Å². The van der Waals surface area contributed by atoms with Crippen LogP contribution in [0.5, 0.6) is 0 Å². The van der Waals surface area contributed by atoms with E-state index in [4.69, 9.17) is 0 Å². The number of benzene rings is 2. The molecule has 0 unspecified atom stereocenters. The molecule has 0 bridgehead atoms. The maximum absolute atomic E-state index is 12.5. The average molecular weight is 437 g/mol. The van der Waals surface area contributed by atoms with E-state index in [2.05, 4.69) is 26.0 Å². The number of amides is 1. The third kappa shape index (κ3) is 4.28. The predicted molar refractivity (Wildman–Crippen MR) is 104 cm³/mol. The minimum Gasteiger partial charge on any atom is -0.322 e. The smallest absolute Gasteiger partial charge is 0.271 e. The van der Waals surface area contributed by atoms with E-state index in [1.165, 1.54) is 6.07 Å². The SMILES string of the molecule is O=C(Nc1ccccc1)c1ccccc1NS(=O)(=O)c1ccc(Br)s1. The van der Waals surface area contributed by atoms with Gasteiger partial charge in [0.1, 0.15) is 4.21 Å². The highest BCUT2D eigenvalue weighted by Gasteiger charge is 2.20. The molecule has 3 aromatic rings. The lowest BCUT2D eigenvalue weighted by Crippen LogP contribution is -2.18. The minimum atomic E-state index is -3.76. The Balaban J connectivity index is 1.87. The molecule has 1 aromatic heterocycles. The molecule has 1 amide bonds. The van der Waals surface area contributed by atoms with E-state index in [0.29, 0.717) is 9.47 Å². The topological polar surface area (TPSA) is 75.3 Å². The number of thiophene rings is 1. The van der Waals surface area contributed by atoms with Gasteiger partial charge >= 0.3 is 0 Å². The van der Waals surface area contributed by atoms with Crippen LogP contribution in [0, 0.1) is 0 Å². The summed E-state index contributed by atoms with van der Waals surface area (Å²) < 4.78 is 28.3. The lowest BCUT2D eigenvalue weighted by atomic mass is 10.1. The predicted octanol–water partition coefficient (Wildman–Crippen LogP) is 4.56. The fourth-order valence-electron chi connectivity index (χ4n) is 2.13. The van der Waals surface area contributed by atoms with Crippen molar-refractivity contribution in [2.45, 2.75) is 4.21 Å². The van der Waals surface area contributed by atoms with E-state index < -0.39 is 15.9 Å². The van der Waals surface area contributed by atoms with Crippen molar-refractivity contribution in [3.05, 3.63) is 76.1 Å². The van der Waals surface area contributed by atoms with Gasteiger partial charge in [0.25, 0.3) is 15.9 Å². The number of nitrogens with one attached hydrogen (secondary N) is 2. The van der Waals surface area contributed by atoms with Crippen molar-refractivity contribution >= 4 is 54.6 Å². The molecule has 2 N–H and O–H groups in total. The Kier molecular flexibility index (Phi) is 5.22. The zero-order valence-electron chi connectivity index (χ0n) is 12.8. The van der Waals surface area contributed by atoms with Crippen molar-refractivity contribution in [3.8, 4) is 0 Å². The van der Waals surface area contributed by atoms with E-state index >= 15 is 0 Å². The van der Waals surface area contributed by atoms with Gasteiger partial charge in [0.2, 0.25) is 0 Å². The van der Waals surface area contributed by atoms with Gasteiger partial charge in [0.05, 0.1) is 15.0 Å². The molecule has 8 heteroatoms. The Bertz CT molecular complexity index is 1000. The van der Waals surface area contributed by atoms with E-state index in [-0.39, 0.29) is 15.5 Å². The molecule has 0 spiro atoms. The molecule has 5 nitrogen and oxygen atoms in total. The Morgan fingerprint density at radius 2 is 1.60 bits per heavy atom. The Morgan fingerprint density at radius 1 is 0.920 bits per heavy atom. The largest absolute Gasteiger partial charge is 0.322 e. The second kappa shape index (κ2) is 7.38. The lowest BCUT2D eigenvalue weighted by Gasteiger charge is -2.12. The fourth-order valence-corrected chi connectivity index (χ4v) is 5.22. The van der Waals surface area contributed by atoms with Crippen LogP contribution in [0.3, 0.4) is 0 Å². The molecular weight excluding hydrogens is 424 g/mol. The maximum atomic E-state index is 12.5. The lowest BCUT2D eigenvalue weighted by molar-refractivity contribution is 0.102. The number of rotatable bonds is 5. The molecule has 0 aliphatic heterocycles. The number of sulfonamides is 1. The van der Waals surface area contributed by atoms with E-state index in [9.17, 15) is 13.2 Å². The summed E-state index contributed by atoms with van der Waals surface area (Å²) in [6, 6.07) is 18.6. The first-order chi connectivity index (χ1) is 12.0. The van der Waals surface area contributed by atoms with Gasteiger partial charge in [-0.15, -0.1) is 11.3 Å². The summed E-state index contributed by atoms with van der Waals surface area (Å²) in [6.45, 7) is 0. The van der Waals surface area contributed by atoms with E-state index in [1.54, 1.807) is 54.6 Å². The minimum absolute atomic E-state index is 0.164. The van der Waals surface area contributed by atoms with Crippen LogP contribution < -0.4 is 10.0 Å². The molecular formula is C17H13BrN2O3S2. The molecule has 0 fully saturated rings. The average Bonchev–Trinajstić information content (AvgIpc) is 3.03. The Morgan fingerprint density at radius 3 is 2.28 bits per heavy atom.